The Morgan fingerprint density at radius 3 is 2.79 bits per heavy atom. The second kappa shape index (κ2) is 5.01. The van der Waals surface area contributed by atoms with E-state index in [9.17, 15) is 9.90 Å². The first-order valence-corrected chi connectivity index (χ1v) is 6.38. The maximum atomic E-state index is 11.5. The van der Waals surface area contributed by atoms with Gasteiger partial charge in [-0.3, -0.25) is 4.79 Å². The van der Waals surface area contributed by atoms with E-state index in [1.165, 1.54) is 0 Å². The summed E-state index contributed by atoms with van der Waals surface area (Å²) in [7, 11) is 0. The number of hydrogen-bond donors (Lipinski definition) is 2. The van der Waals surface area contributed by atoms with Gasteiger partial charge in [0.15, 0.2) is 0 Å². The summed E-state index contributed by atoms with van der Waals surface area (Å²) in [4.78, 5) is 15.9. The van der Waals surface area contributed by atoms with Gasteiger partial charge in [0, 0.05) is 0 Å². The van der Waals surface area contributed by atoms with E-state index in [-0.39, 0.29) is 0 Å². The number of imidazole rings is 1. The number of aliphatic carboxylic acids is 1. The van der Waals surface area contributed by atoms with Gasteiger partial charge in [-0.25, -0.2) is 4.98 Å². The van der Waals surface area contributed by atoms with Crippen LogP contribution in [0.5, 0.6) is 0 Å². The van der Waals surface area contributed by atoms with Crippen molar-refractivity contribution in [1.82, 2.24) is 14.9 Å². The van der Waals surface area contributed by atoms with E-state index >= 15 is 0 Å². The van der Waals surface area contributed by atoms with E-state index in [1.807, 2.05) is 42.7 Å². The molecule has 5 nitrogen and oxygen atoms in total. The Morgan fingerprint density at radius 2 is 2.16 bits per heavy atom. The molecule has 2 rings (SSSR count). The predicted molar refractivity (Wildman–Crippen MR) is 74.2 cm³/mol. The van der Waals surface area contributed by atoms with Crippen molar-refractivity contribution in [3.63, 3.8) is 0 Å². The maximum Gasteiger partial charge on any atom is 0.325 e. The molecular formula is C14H19N3O2. The van der Waals surface area contributed by atoms with E-state index in [0.717, 1.165) is 16.9 Å². The highest BCUT2D eigenvalue weighted by Gasteiger charge is 2.33. The number of hydrogen-bond acceptors (Lipinski definition) is 3. The van der Waals surface area contributed by atoms with Crippen LogP contribution in [-0.2, 0) is 11.3 Å². The fraction of sp³-hybridized carbons (Fsp3) is 0.429. The highest BCUT2D eigenvalue weighted by molar-refractivity contribution is 5.80. The van der Waals surface area contributed by atoms with Crippen molar-refractivity contribution in [2.75, 3.05) is 6.54 Å². The van der Waals surface area contributed by atoms with Crippen LogP contribution in [0.25, 0.3) is 11.0 Å². The van der Waals surface area contributed by atoms with Gasteiger partial charge in [0.05, 0.1) is 17.6 Å². The molecule has 2 aromatic rings. The van der Waals surface area contributed by atoms with Crippen molar-refractivity contribution in [1.29, 1.82) is 0 Å². The minimum absolute atomic E-state index is 0.350. The molecule has 0 spiro atoms. The van der Waals surface area contributed by atoms with Crippen LogP contribution in [0.1, 0.15) is 19.7 Å². The Bertz CT molecular complexity index is 606. The fourth-order valence-corrected chi connectivity index (χ4v) is 2.30. The number of benzene rings is 1. The first-order chi connectivity index (χ1) is 8.98. The third kappa shape index (κ3) is 2.46. The maximum absolute atomic E-state index is 11.5. The molecule has 0 amide bonds. The van der Waals surface area contributed by atoms with Crippen molar-refractivity contribution in [3.05, 3.63) is 30.1 Å². The third-order valence-corrected chi connectivity index (χ3v) is 3.36. The lowest BCUT2D eigenvalue weighted by Crippen LogP contribution is -2.52. The molecule has 0 radical (unpaired) electrons. The Balaban J connectivity index is 2.44. The smallest absolute Gasteiger partial charge is 0.325 e. The van der Waals surface area contributed by atoms with Crippen LogP contribution in [-0.4, -0.2) is 32.7 Å². The summed E-state index contributed by atoms with van der Waals surface area (Å²) in [6.45, 7) is 6.46. The monoisotopic (exact) mass is 261 g/mol. The average molecular weight is 261 g/mol. The number of rotatable bonds is 5. The molecule has 0 aliphatic carbocycles. The van der Waals surface area contributed by atoms with Gasteiger partial charge in [-0.05, 0) is 32.5 Å². The molecule has 102 valence electrons. The zero-order valence-corrected chi connectivity index (χ0v) is 11.5. The summed E-state index contributed by atoms with van der Waals surface area (Å²) in [6.07, 6.45) is 0. The van der Waals surface area contributed by atoms with E-state index in [2.05, 4.69) is 10.3 Å². The minimum atomic E-state index is -0.997. The van der Waals surface area contributed by atoms with E-state index in [1.54, 1.807) is 6.92 Å². The van der Waals surface area contributed by atoms with Crippen LogP contribution in [0.3, 0.4) is 0 Å². The molecule has 0 saturated carbocycles. The zero-order valence-electron chi connectivity index (χ0n) is 11.5. The largest absolute Gasteiger partial charge is 0.480 e. The van der Waals surface area contributed by atoms with E-state index < -0.39 is 11.5 Å². The summed E-state index contributed by atoms with van der Waals surface area (Å²) in [5.41, 5.74) is 0.859. The van der Waals surface area contributed by atoms with Crippen molar-refractivity contribution >= 4 is 17.0 Å². The third-order valence-electron chi connectivity index (χ3n) is 3.36. The van der Waals surface area contributed by atoms with Crippen LogP contribution < -0.4 is 5.32 Å². The number of carbonyl (C=O) groups is 1. The summed E-state index contributed by atoms with van der Waals surface area (Å²) in [5, 5.41) is 12.5. The van der Waals surface area contributed by atoms with Gasteiger partial charge in [-0.2, -0.15) is 0 Å². The number of carboxylic acids is 1. The lowest BCUT2D eigenvalue weighted by Gasteiger charge is -2.27. The molecule has 0 bridgehead atoms. The van der Waals surface area contributed by atoms with Crippen molar-refractivity contribution in [2.45, 2.75) is 32.9 Å². The predicted octanol–water partition coefficient (Wildman–Crippen LogP) is 1.80. The number of nitrogens with zero attached hydrogens (tertiary/aromatic N) is 2. The number of carboxylic acid groups (broad SMARTS) is 1. The molecule has 1 atom stereocenters. The molecule has 5 heteroatoms. The van der Waals surface area contributed by atoms with Crippen LogP contribution in [0.4, 0.5) is 0 Å². The molecular weight excluding hydrogens is 242 g/mol. The molecule has 19 heavy (non-hydrogen) atoms. The van der Waals surface area contributed by atoms with Crippen molar-refractivity contribution < 1.29 is 9.90 Å². The second-order valence-electron chi connectivity index (χ2n) is 4.90. The molecule has 1 aromatic heterocycles. The lowest BCUT2D eigenvalue weighted by atomic mass is 10.0. The van der Waals surface area contributed by atoms with Crippen LogP contribution in [0, 0.1) is 6.92 Å². The summed E-state index contributed by atoms with van der Waals surface area (Å²) in [6, 6.07) is 7.76. The Morgan fingerprint density at radius 1 is 1.47 bits per heavy atom. The SMILES string of the molecule is CCNC(C)(Cn1c(C)nc2ccccc21)C(=O)O. The summed E-state index contributed by atoms with van der Waals surface area (Å²) < 4.78 is 1.95. The minimum Gasteiger partial charge on any atom is -0.480 e. The van der Waals surface area contributed by atoms with Gasteiger partial charge in [0.25, 0.3) is 0 Å². The van der Waals surface area contributed by atoms with Gasteiger partial charge in [0.1, 0.15) is 11.4 Å². The van der Waals surface area contributed by atoms with E-state index in [0.29, 0.717) is 13.1 Å². The molecule has 0 fully saturated rings. The number of para-hydroxylation sites is 2. The fourth-order valence-electron chi connectivity index (χ4n) is 2.30. The van der Waals surface area contributed by atoms with Gasteiger partial charge in [0.2, 0.25) is 0 Å². The van der Waals surface area contributed by atoms with Crippen molar-refractivity contribution in [2.24, 2.45) is 0 Å². The molecule has 1 heterocycles. The standard InChI is InChI=1S/C14H19N3O2/c1-4-15-14(3,13(18)19)9-17-10(2)16-11-7-5-6-8-12(11)17/h5-8,15H,4,9H2,1-3H3,(H,18,19). The molecule has 0 saturated heterocycles. The molecule has 0 aliphatic rings. The molecule has 2 N–H and O–H groups in total. The zero-order chi connectivity index (χ0) is 14.0. The lowest BCUT2D eigenvalue weighted by molar-refractivity contribution is -0.144. The van der Waals surface area contributed by atoms with Gasteiger partial charge in [-0.1, -0.05) is 19.1 Å². The molecule has 1 aromatic carbocycles. The van der Waals surface area contributed by atoms with Crippen LogP contribution >= 0.6 is 0 Å². The summed E-state index contributed by atoms with van der Waals surface area (Å²) >= 11 is 0. The van der Waals surface area contributed by atoms with Crippen LogP contribution in [0.15, 0.2) is 24.3 Å². The number of likely N-dealkylation sites (N-methyl/N-ethyl adjacent to an activating group) is 1. The van der Waals surface area contributed by atoms with Gasteiger partial charge in [-0.15, -0.1) is 0 Å². The topological polar surface area (TPSA) is 67.2 Å². The molecule has 1 unspecified atom stereocenters. The second-order valence-corrected chi connectivity index (χ2v) is 4.90. The number of nitrogens with one attached hydrogen (secondary N) is 1. The normalized spacial score (nSPS) is 14.5. The highest BCUT2D eigenvalue weighted by atomic mass is 16.4. The molecule has 0 aliphatic heterocycles. The number of aromatic nitrogens is 2. The Labute approximate surface area is 112 Å². The Hall–Kier alpha value is -1.88. The first-order valence-electron chi connectivity index (χ1n) is 6.38. The number of aryl methyl sites for hydroxylation is 1. The Kier molecular flexibility index (Phi) is 3.57. The average Bonchev–Trinajstić information content (AvgIpc) is 2.66. The number of fused-ring (bicyclic) bond motifs is 1. The van der Waals surface area contributed by atoms with Gasteiger partial charge < -0.3 is 15.0 Å². The van der Waals surface area contributed by atoms with Crippen LogP contribution in [0.2, 0.25) is 0 Å². The van der Waals surface area contributed by atoms with Gasteiger partial charge >= 0.3 is 5.97 Å². The quantitative estimate of drug-likeness (QED) is 0.861. The first kappa shape index (κ1) is 13.5. The van der Waals surface area contributed by atoms with E-state index in [4.69, 9.17) is 0 Å². The highest BCUT2D eigenvalue weighted by Crippen LogP contribution is 2.19. The van der Waals surface area contributed by atoms with Crippen molar-refractivity contribution in [3.8, 4) is 0 Å². The summed E-state index contributed by atoms with van der Waals surface area (Å²) in [5.74, 6) is -0.0295.